The summed E-state index contributed by atoms with van der Waals surface area (Å²) in [5.74, 6) is -0.518. The zero-order valence-corrected chi connectivity index (χ0v) is 16.5. The standard InChI is InChI=1S/C21H16N2O2S2/c1-4-22-16-10-6-5-9-14(16)17(19(22)24)18-20(25)23(21(26)27-18)15-11-7-8-12(2)13(15)3/h4-11H,1H2,2-3H3/b18-17-. The van der Waals surface area contributed by atoms with Crippen molar-refractivity contribution in [1.29, 1.82) is 0 Å². The number of hydrogen-bond donors (Lipinski definition) is 0. The van der Waals surface area contributed by atoms with Crippen molar-refractivity contribution < 1.29 is 9.59 Å². The molecule has 2 aliphatic rings. The lowest BCUT2D eigenvalue weighted by Gasteiger charge is -2.18. The Bertz CT molecular complexity index is 1070. The van der Waals surface area contributed by atoms with Gasteiger partial charge in [0.2, 0.25) is 0 Å². The zero-order chi connectivity index (χ0) is 19.3. The van der Waals surface area contributed by atoms with Gasteiger partial charge < -0.3 is 0 Å². The van der Waals surface area contributed by atoms with Crippen LogP contribution in [0.25, 0.3) is 5.57 Å². The van der Waals surface area contributed by atoms with Gasteiger partial charge in [0.15, 0.2) is 4.32 Å². The Hall–Kier alpha value is -2.70. The summed E-state index contributed by atoms with van der Waals surface area (Å²) in [5.41, 5.74) is 4.66. The molecule has 2 aliphatic heterocycles. The molecule has 0 atom stereocenters. The number of hydrogen-bond acceptors (Lipinski definition) is 4. The van der Waals surface area contributed by atoms with E-state index in [2.05, 4.69) is 6.58 Å². The van der Waals surface area contributed by atoms with Crippen molar-refractivity contribution >= 4 is 57.1 Å². The van der Waals surface area contributed by atoms with E-state index in [0.717, 1.165) is 28.1 Å². The fraction of sp³-hybridized carbons (Fsp3) is 0.0952. The van der Waals surface area contributed by atoms with Crippen LogP contribution in [0.3, 0.4) is 0 Å². The van der Waals surface area contributed by atoms with Gasteiger partial charge in [0, 0.05) is 11.8 Å². The van der Waals surface area contributed by atoms with Crippen LogP contribution in [0.1, 0.15) is 16.7 Å². The molecule has 0 N–H and O–H groups in total. The molecule has 0 aromatic heterocycles. The first kappa shape index (κ1) is 17.7. The molecule has 0 saturated carbocycles. The van der Waals surface area contributed by atoms with Crippen molar-refractivity contribution in [3.05, 3.63) is 76.8 Å². The Labute approximate surface area is 167 Å². The summed E-state index contributed by atoms with van der Waals surface area (Å²) >= 11 is 6.67. The molecule has 1 fully saturated rings. The highest BCUT2D eigenvalue weighted by atomic mass is 32.2. The molecule has 0 bridgehead atoms. The second kappa shape index (κ2) is 6.48. The molecular formula is C21H16N2O2S2. The van der Waals surface area contributed by atoms with Crippen LogP contribution in [-0.2, 0) is 9.59 Å². The van der Waals surface area contributed by atoms with Crippen molar-refractivity contribution in [3.8, 4) is 0 Å². The summed E-state index contributed by atoms with van der Waals surface area (Å²) in [5, 5.41) is 0. The molecular weight excluding hydrogens is 376 g/mol. The SMILES string of the molecule is C=CN1C(=O)/C(=C2\SC(=S)N(c3cccc(C)c3C)C2=O)c2ccccc21. The number of rotatable bonds is 2. The van der Waals surface area contributed by atoms with E-state index in [1.165, 1.54) is 27.8 Å². The Morgan fingerprint density at radius 1 is 1.00 bits per heavy atom. The van der Waals surface area contributed by atoms with Crippen LogP contribution in [0.5, 0.6) is 0 Å². The van der Waals surface area contributed by atoms with Gasteiger partial charge in [0.1, 0.15) is 0 Å². The minimum atomic E-state index is -0.261. The molecule has 2 heterocycles. The van der Waals surface area contributed by atoms with Crippen LogP contribution in [0.4, 0.5) is 11.4 Å². The highest BCUT2D eigenvalue weighted by molar-refractivity contribution is 8.27. The first-order chi connectivity index (χ1) is 13.0. The van der Waals surface area contributed by atoms with E-state index < -0.39 is 0 Å². The van der Waals surface area contributed by atoms with Crippen LogP contribution >= 0.6 is 24.0 Å². The number of benzene rings is 2. The molecule has 0 unspecified atom stereocenters. The van der Waals surface area contributed by atoms with E-state index >= 15 is 0 Å². The molecule has 0 aliphatic carbocycles. The maximum absolute atomic E-state index is 13.3. The van der Waals surface area contributed by atoms with Gasteiger partial charge in [0.25, 0.3) is 11.8 Å². The lowest BCUT2D eigenvalue weighted by Crippen LogP contribution is -2.29. The van der Waals surface area contributed by atoms with Gasteiger partial charge in [-0.2, -0.15) is 0 Å². The topological polar surface area (TPSA) is 40.6 Å². The summed E-state index contributed by atoms with van der Waals surface area (Å²) in [7, 11) is 0. The average Bonchev–Trinajstić information content (AvgIpc) is 3.10. The largest absolute Gasteiger partial charge is 0.284 e. The molecule has 2 amide bonds. The molecule has 2 aromatic carbocycles. The predicted octanol–water partition coefficient (Wildman–Crippen LogP) is 4.57. The summed E-state index contributed by atoms with van der Waals surface area (Å²) in [6.07, 6.45) is 1.47. The number of fused-ring (bicyclic) bond motifs is 1. The highest BCUT2D eigenvalue weighted by Crippen LogP contribution is 2.46. The number of amides is 2. The fourth-order valence-corrected chi connectivity index (χ4v) is 4.70. The van der Waals surface area contributed by atoms with Gasteiger partial charge in [-0.1, -0.05) is 60.9 Å². The van der Waals surface area contributed by atoms with E-state index in [4.69, 9.17) is 12.2 Å². The second-order valence-corrected chi connectivity index (χ2v) is 7.95. The Morgan fingerprint density at radius 2 is 1.70 bits per heavy atom. The van der Waals surface area contributed by atoms with Gasteiger partial charge >= 0.3 is 0 Å². The maximum Gasteiger partial charge on any atom is 0.271 e. The quantitative estimate of drug-likeness (QED) is 0.555. The molecule has 0 radical (unpaired) electrons. The number of para-hydroxylation sites is 1. The van der Waals surface area contributed by atoms with Crippen LogP contribution in [-0.4, -0.2) is 16.1 Å². The molecule has 6 heteroatoms. The van der Waals surface area contributed by atoms with E-state index in [1.807, 2.05) is 56.3 Å². The monoisotopic (exact) mass is 392 g/mol. The fourth-order valence-electron chi connectivity index (χ4n) is 3.35. The second-order valence-electron chi connectivity index (χ2n) is 6.31. The van der Waals surface area contributed by atoms with Gasteiger partial charge in [-0.25, -0.2) is 0 Å². The van der Waals surface area contributed by atoms with E-state index in [0.29, 0.717) is 14.8 Å². The molecule has 0 spiro atoms. The van der Waals surface area contributed by atoms with Crippen molar-refractivity contribution in [2.75, 3.05) is 9.80 Å². The van der Waals surface area contributed by atoms with Crippen LogP contribution in [0.2, 0.25) is 0 Å². The lowest BCUT2D eigenvalue weighted by atomic mass is 10.1. The number of carbonyl (C=O) groups excluding carboxylic acids is 2. The normalized spacial score (nSPS) is 19.1. The summed E-state index contributed by atoms with van der Waals surface area (Å²) in [6, 6.07) is 13.2. The van der Waals surface area contributed by atoms with Gasteiger partial charge in [-0.05, 0) is 37.1 Å². The minimum absolute atomic E-state index is 0.257. The third-order valence-electron chi connectivity index (χ3n) is 4.86. The number of thiocarbonyl (C=S) groups is 1. The Kier molecular flexibility index (Phi) is 4.25. The molecule has 2 aromatic rings. The van der Waals surface area contributed by atoms with Crippen molar-refractivity contribution in [1.82, 2.24) is 0 Å². The molecule has 27 heavy (non-hydrogen) atoms. The smallest absolute Gasteiger partial charge is 0.271 e. The Balaban J connectivity index is 1.88. The molecule has 4 nitrogen and oxygen atoms in total. The summed E-state index contributed by atoms with van der Waals surface area (Å²) < 4.78 is 0.429. The number of anilines is 2. The van der Waals surface area contributed by atoms with Crippen molar-refractivity contribution in [2.24, 2.45) is 0 Å². The van der Waals surface area contributed by atoms with Crippen LogP contribution in [0, 0.1) is 13.8 Å². The lowest BCUT2D eigenvalue weighted by molar-refractivity contribution is -0.114. The third-order valence-corrected chi connectivity index (χ3v) is 6.23. The number of aryl methyl sites for hydroxylation is 1. The van der Waals surface area contributed by atoms with Crippen LogP contribution < -0.4 is 9.80 Å². The number of nitrogens with zero attached hydrogens (tertiary/aromatic N) is 2. The Morgan fingerprint density at radius 3 is 2.44 bits per heavy atom. The average molecular weight is 393 g/mol. The predicted molar refractivity (Wildman–Crippen MR) is 115 cm³/mol. The zero-order valence-electron chi connectivity index (χ0n) is 14.9. The molecule has 134 valence electrons. The van der Waals surface area contributed by atoms with Gasteiger partial charge in [-0.3, -0.25) is 19.4 Å². The maximum atomic E-state index is 13.3. The third kappa shape index (κ3) is 2.56. The van der Waals surface area contributed by atoms with Crippen molar-refractivity contribution in [3.63, 3.8) is 0 Å². The number of thioether (sulfide) groups is 1. The summed E-state index contributed by atoms with van der Waals surface area (Å²) in [6.45, 7) is 7.68. The number of carbonyl (C=O) groups is 2. The summed E-state index contributed by atoms with van der Waals surface area (Å²) in [4.78, 5) is 29.6. The van der Waals surface area contributed by atoms with Gasteiger partial charge in [-0.15, -0.1) is 0 Å². The van der Waals surface area contributed by atoms with E-state index in [9.17, 15) is 9.59 Å². The first-order valence-electron chi connectivity index (χ1n) is 8.38. The minimum Gasteiger partial charge on any atom is -0.284 e. The van der Waals surface area contributed by atoms with E-state index in [1.54, 1.807) is 0 Å². The molecule has 4 rings (SSSR count). The van der Waals surface area contributed by atoms with Crippen molar-refractivity contribution in [2.45, 2.75) is 13.8 Å². The van der Waals surface area contributed by atoms with Gasteiger partial charge in [0.05, 0.1) is 21.9 Å². The highest BCUT2D eigenvalue weighted by Gasteiger charge is 2.42. The first-order valence-corrected chi connectivity index (χ1v) is 9.60. The molecule has 1 saturated heterocycles. The van der Waals surface area contributed by atoms with Crippen LogP contribution in [0.15, 0.2) is 60.1 Å². The van der Waals surface area contributed by atoms with E-state index in [-0.39, 0.29) is 11.8 Å².